The maximum absolute atomic E-state index is 13.7. The second-order valence-corrected chi connectivity index (χ2v) is 4.96. The number of likely N-dealkylation sites (N-methyl/N-ethyl adjacent to an activating group) is 1. The second kappa shape index (κ2) is 5.48. The van der Waals surface area contributed by atoms with Crippen molar-refractivity contribution < 1.29 is 9.18 Å². The summed E-state index contributed by atoms with van der Waals surface area (Å²) < 4.78 is 13.7. The third kappa shape index (κ3) is 2.88. The van der Waals surface area contributed by atoms with E-state index in [1.807, 2.05) is 6.92 Å². The van der Waals surface area contributed by atoms with Crippen molar-refractivity contribution in [1.29, 1.82) is 0 Å². The lowest BCUT2D eigenvalue weighted by Gasteiger charge is -2.21. The van der Waals surface area contributed by atoms with Gasteiger partial charge in [-0.2, -0.15) is 0 Å². The number of halogens is 1. The molecule has 0 saturated carbocycles. The highest BCUT2D eigenvalue weighted by Gasteiger charge is 2.21. The monoisotopic (exact) mass is 250 g/mol. The van der Waals surface area contributed by atoms with Gasteiger partial charge in [-0.25, -0.2) is 4.39 Å². The Hall–Kier alpha value is -1.42. The minimum absolute atomic E-state index is 0.154. The predicted molar refractivity (Wildman–Crippen MR) is 69.1 cm³/mol. The van der Waals surface area contributed by atoms with Gasteiger partial charge in [0.15, 0.2) is 0 Å². The van der Waals surface area contributed by atoms with Gasteiger partial charge in [-0.1, -0.05) is 6.07 Å². The van der Waals surface area contributed by atoms with Crippen molar-refractivity contribution in [1.82, 2.24) is 10.2 Å². The summed E-state index contributed by atoms with van der Waals surface area (Å²) in [5.74, 6) is -0.688. The highest BCUT2D eigenvalue weighted by Crippen LogP contribution is 2.13. The van der Waals surface area contributed by atoms with Crippen molar-refractivity contribution in [2.75, 3.05) is 20.1 Å². The van der Waals surface area contributed by atoms with Gasteiger partial charge in [-0.15, -0.1) is 0 Å². The van der Waals surface area contributed by atoms with Crippen molar-refractivity contribution in [3.8, 4) is 0 Å². The highest BCUT2D eigenvalue weighted by atomic mass is 19.1. The summed E-state index contributed by atoms with van der Waals surface area (Å²) in [6.07, 6.45) is 2.22. The molecule has 1 aliphatic heterocycles. The molecule has 0 spiro atoms. The van der Waals surface area contributed by atoms with Crippen LogP contribution >= 0.6 is 0 Å². The average Bonchev–Trinajstić information content (AvgIpc) is 2.81. The molecule has 2 rings (SSSR count). The number of carbonyl (C=O) groups is 1. The van der Waals surface area contributed by atoms with Crippen molar-refractivity contribution in [2.24, 2.45) is 0 Å². The van der Waals surface area contributed by atoms with Gasteiger partial charge in [-0.3, -0.25) is 4.79 Å². The average molecular weight is 250 g/mol. The molecular formula is C14H19FN2O. The minimum atomic E-state index is -0.439. The number of aryl methyl sites for hydroxylation is 1. The van der Waals surface area contributed by atoms with E-state index in [9.17, 15) is 9.18 Å². The molecule has 1 aromatic rings. The summed E-state index contributed by atoms with van der Waals surface area (Å²) >= 11 is 0. The Balaban J connectivity index is 2.05. The molecule has 1 aromatic carbocycles. The lowest BCUT2D eigenvalue weighted by Crippen LogP contribution is -2.38. The molecule has 1 saturated heterocycles. The first-order valence-corrected chi connectivity index (χ1v) is 6.33. The van der Waals surface area contributed by atoms with Gasteiger partial charge in [0.05, 0.1) is 5.56 Å². The fourth-order valence-electron chi connectivity index (χ4n) is 2.33. The van der Waals surface area contributed by atoms with Crippen LogP contribution in [0.2, 0.25) is 0 Å². The van der Waals surface area contributed by atoms with Gasteiger partial charge < -0.3 is 10.2 Å². The Morgan fingerprint density at radius 1 is 1.56 bits per heavy atom. The van der Waals surface area contributed by atoms with E-state index in [1.54, 1.807) is 24.1 Å². The van der Waals surface area contributed by atoms with Crippen LogP contribution in [0, 0.1) is 12.7 Å². The summed E-state index contributed by atoms with van der Waals surface area (Å²) in [4.78, 5) is 13.7. The molecule has 1 fully saturated rings. The summed E-state index contributed by atoms with van der Waals surface area (Å²) in [5.41, 5.74) is 0.977. The molecule has 3 nitrogen and oxygen atoms in total. The number of benzene rings is 1. The first-order chi connectivity index (χ1) is 8.58. The summed E-state index contributed by atoms with van der Waals surface area (Å²) in [5, 5.41) is 3.33. The number of amides is 1. The fourth-order valence-corrected chi connectivity index (χ4v) is 2.33. The molecule has 1 aliphatic rings. The Labute approximate surface area is 107 Å². The molecule has 4 heteroatoms. The van der Waals surface area contributed by atoms with Gasteiger partial charge in [-0.05, 0) is 44.0 Å². The first-order valence-electron chi connectivity index (χ1n) is 6.33. The molecule has 0 aliphatic carbocycles. The number of hydrogen-bond acceptors (Lipinski definition) is 2. The number of rotatable bonds is 3. The third-order valence-corrected chi connectivity index (χ3v) is 3.36. The Bertz CT molecular complexity index is 441. The van der Waals surface area contributed by atoms with Gasteiger partial charge in [0, 0.05) is 19.6 Å². The van der Waals surface area contributed by atoms with Gasteiger partial charge >= 0.3 is 0 Å². The zero-order valence-electron chi connectivity index (χ0n) is 10.9. The van der Waals surface area contributed by atoms with Crippen LogP contribution < -0.4 is 5.32 Å². The van der Waals surface area contributed by atoms with E-state index >= 15 is 0 Å². The Morgan fingerprint density at radius 2 is 2.33 bits per heavy atom. The van der Waals surface area contributed by atoms with Crippen molar-refractivity contribution >= 4 is 5.91 Å². The van der Waals surface area contributed by atoms with E-state index in [1.165, 1.54) is 6.07 Å². The minimum Gasteiger partial charge on any atom is -0.340 e. The fraction of sp³-hybridized carbons (Fsp3) is 0.500. The molecule has 1 heterocycles. The zero-order chi connectivity index (χ0) is 13.1. The van der Waals surface area contributed by atoms with E-state index in [4.69, 9.17) is 0 Å². The zero-order valence-corrected chi connectivity index (χ0v) is 10.9. The summed E-state index contributed by atoms with van der Waals surface area (Å²) in [6, 6.07) is 5.06. The summed E-state index contributed by atoms with van der Waals surface area (Å²) in [7, 11) is 1.72. The number of hydrogen-bond donors (Lipinski definition) is 1. The van der Waals surface area contributed by atoms with Crippen LogP contribution in [0.5, 0.6) is 0 Å². The molecule has 18 heavy (non-hydrogen) atoms. The van der Waals surface area contributed by atoms with Crippen molar-refractivity contribution in [3.05, 3.63) is 35.1 Å². The molecule has 98 valence electrons. The molecular weight excluding hydrogens is 231 g/mol. The second-order valence-electron chi connectivity index (χ2n) is 4.96. The maximum Gasteiger partial charge on any atom is 0.256 e. The molecule has 0 bridgehead atoms. The van der Waals surface area contributed by atoms with Gasteiger partial charge in [0.25, 0.3) is 5.91 Å². The standard InChI is InChI=1S/C14H19FN2O/c1-10-5-6-12(13(15)8-10)14(18)17(2)9-11-4-3-7-16-11/h5-6,8,11,16H,3-4,7,9H2,1-2H3. The largest absolute Gasteiger partial charge is 0.340 e. The van der Waals surface area contributed by atoms with E-state index < -0.39 is 5.82 Å². The molecule has 1 atom stereocenters. The topological polar surface area (TPSA) is 32.3 Å². The smallest absolute Gasteiger partial charge is 0.256 e. The maximum atomic E-state index is 13.7. The molecule has 1 N–H and O–H groups in total. The molecule has 0 radical (unpaired) electrons. The highest BCUT2D eigenvalue weighted by molar-refractivity contribution is 5.94. The number of carbonyl (C=O) groups excluding carboxylic acids is 1. The van der Waals surface area contributed by atoms with E-state index in [-0.39, 0.29) is 11.5 Å². The van der Waals surface area contributed by atoms with Gasteiger partial charge in [0.1, 0.15) is 5.82 Å². The Morgan fingerprint density at radius 3 is 2.94 bits per heavy atom. The molecule has 1 unspecified atom stereocenters. The number of nitrogens with one attached hydrogen (secondary N) is 1. The third-order valence-electron chi connectivity index (χ3n) is 3.36. The normalized spacial score (nSPS) is 18.9. The number of nitrogens with zero attached hydrogens (tertiary/aromatic N) is 1. The van der Waals surface area contributed by atoms with E-state index in [2.05, 4.69) is 5.32 Å². The van der Waals surface area contributed by atoms with E-state index in [0.717, 1.165) is 24.9 Å². The van der Waals surface area contributed by atoms with Crippen molar-refractivity contribution in [3.63, 3.8) is 0 Å². The quantitative estimate of drug-likeness (QED) is 0.889. The lowest BCUT2D eigenvalue weighted by atomic mass is 10.1. The van der Waals surface area contributed by atoms with Crippen LogP contribution in [0.15, 0.2) is 18.2 Å². The van der Waals surface area contributed by atoms with Crippen LogP contribution in [0.3, 0.4) is 0 Å². The van der Waals surface area contributed by atoms with Crippen LogP contribution in [-0.2, 0) is 0 Å². The summed E-state index contributed by atoms with van der Waals surface area (Å²) in [6.45, 7) is 3.45. The SMILES string of the molecule is Cc1ccc(C(=O)N(C)CC2CCCN2)c(F)c1. The van der Waals surface area contributed by atoms with Crippen LogP contribution in [0.25, 0.3) is 0 Å². The molecule has 1 amide bonds. The van der Waals surface area contributed by atoms with Gasteiger partial charge in [0.2, 0.25) is 0 Å². The van der Waals surface area contributed by atoms with Crippen LogP contribution in [-0.4, -0.2) is 37.0 Å². The van der Waals surface area contributed by atoms with Crippen LogP contribution in [0.4, 0.5) is 4.39 Å². The van der Waals surface area contributed by atoms with Crippen LogP contribution in [0.1, 0.15) is 28.8 Å². The Kier molecular flexibility index (Phi) is 3.97. The van der Waals surface area contributed by atoms with Crippen molar-refractivity contribution in [2.45, 2.75) is 25.8 Å². The predicted octanol–water partition coefficient (Wildman–Crippen LogP) is 1.96. The molecule has 0 aromatic heterocycles. The van der Waals surface area contributed by atoms with E-state index in [0.29, 0.717) is 12.6 Å². The first kappa shape index (κ1) is 13.0. The lowest BCUT2D eigenvalue weighted by molar-refractivity contribution is 0.0779.